The number of hydrogen-bond acceptors (Lipinski definition) is 2. The van der Waals surface area contributed by atoms with Crippen LogP contribution < -0.4 is 0 Å². The van der Waals surface area contributed by atoms with Crippen LogP contribution in [0.4, 0.5) is 0 Å². The summed E-state index contributed by atoms with van der Waals surface area (Å²) in [5, 5.41) is 4.19. The minimum absolute atomic E-state index is 0.129. The lowest BCUT2D eigenvalue weighted by atomic mass is 10.1. The van der Waals surface area contributed by atoms with Crippen molar-refractivity contribution in [1.82, 2.24) is 14.7 Å². The van der Waals surface area contributed by atoms with Crippen molar-refractivity contribution in [2.45, 2.75) is 33.2 Å². The molecule has 0 atom stereocenters. The first kappa shape index (κ1) is 15.3. The summed E-state index contributed by atoms with van der Waals surface area (Å²) < 4.78 is 1.87. The average Bonchev–Trinajstić information content (AvgIpc) is 3.00. The first-order valence-corrected chi connectivity index (χ1v) is 7.60. The van der Waals surface area contributed by atoms with Crippen LogP contribution in [0.2, 0.25) is 0 Å². The van der Waals surface area contributed by atoms with Gasteiger partial charge >= 0.3 is 0 Å². The summed E-state index contributed by atoms with van der Waals surface area (Å²) in [7, 11) is 0. The van der Waals surface area contributed by atoms with Gasteiger partial charge in [-0.15, -0.1) is 0 Å². The number of aromatic nitrogens is 2. The van der Waals surface area contributed by atoms with Crippen molar-refractivity contribution in [3.05, 3.63) is 53.9 Å². The van der Waals surface area contributed by atoms with Crippen molar-refractivity contribution >= 4 is 5.91 Å². The normalized spacial score (nSPS) is 10.6. The molecule has 2 aromatic rings. The van der Waals surface area contributed by atoms with Crippen molar-refractivity contribution < 1.29 is 4.79 Å². The Balaban J connectivity index is 2.04. The molecule has 4 nitrogen and oxygen atoms in total. The maximum Gasteiger partial charge on any atom is 0.253 e. The van der Waals surface area contributed by atoms with Crippen LogP contribution in [0, 0.1) is 0 Å². The van der Waals surface area contributed by atoms with Crippen molar-refractivity contribution in [2.24, 2.45) is 0 Å². The molecule has 0 bridgehead atoms. The number of hydrogen-bond donors (Lipinski definition) is 0. The first-order chi connectivity index (χ1) is 10.2. The lowest BCUT2D eigenvalue weighted by Gasteiger charge is -2.21. The molecule has 0 unspecified atom stereocenters. The van der Waals surface area contributed by atoms with Crippen molar-refractivity contribution in [1.29, 1.82) is 0 Å². The molecule has 0 spiro atoms. The highest BCUT2D eigenvalue weighted by molar-refractivity contribution is 5.94. The Morgan fingerprint density at radius 3 is 2.33 bits per heavy atom. The molecule has 0 saturated heterocycles. The number of rotatable bonds is 7. The zero-order valence-corrected chi connectivity index (χ0v) is 12.8. The summed E-state index contributed by atoms with van der Waals surface area (Å²) in [6.07, 6.45) is 5.68. The van der Waals surface area contributed by atoms with Crippen LogP contribution in [-0.4, -0.2) is 33.7 Å². The molecule has 112 valence electrons. The van der Waals surface area contributed by atoms with Crippen molar-refractivity contribution in [2.75, 3.05) is 13.1 Å². The second kappa shape index (κ2) is 7.62. The van der Waals surface area contributed by atoms with E-state index in [2.05, 4.69) is 18.9 Å². The van der Waals surface area contributed by atoms with E-state index in [0.29, 0.717) is 0 Å². The van der Waals surface area contributed by atoms with Gasteiger partial charge in [-0.3, -0.25) is 9.48 Å². The van der Waals surface area contributed by atoms with E-state index < -0.39 is 0 Å². The monoisotopic (exact) mass is 285 g/mol. The maximum absolute atomic E-state index is 12.5. The third-order valence-electron chi connectivity index (χ3n) is 3.38. The van der Waals surface area contributed by atoms with E-state index in [0.717, 1.165) is 43.6 Å². The summed E-state index contributed by atoms with van der Waals surface area (Å²) in [5.74, 6) is 0.129. The van der Waals surface area contributed by atoms with Gasteiger partial charge < -0.3 is 4.90 Å². The molecule has 0 N–H and O–H groups in total. The number of amides is 1. The van der Waals surface area contributed by atoms with Crippen LogP contribution >= 0.6 is 0 Å². The second-order valence-electron chi connectivity index (χ2n) is 5.19. The Kier molecular flexibility index (Phi) is 5.55. The molecule has 1 heterocycles. The Labute approximate surface area is 126 Å². The highest BCUT2D eigenvalue weighted by Crippen LogP contribution is 2.10. The zero-order chi connectivity index (χ0) is 15.1. The molecular weight excluding hydrogens is 262 g/mol. The molecule has 1 aromatic carbocycles. The van der Waals surface area contributed by atoms with E-state index in [-0.39, 0.29) is 5.91 Å². The molecule has 2 rings (SSSR count). The number of carbonyl (C=O) groups excluding carboxylic acids is 1. The fraction of sp³-hybridized carbons (Fsp3) is 0.412. The van der Waals surface area contributed by atoms with E-state index in [9.17, 15) is 4.79 Å². The van der Waals surface area contributed by atoms with E-state index in [1.165, 1.54) is 0 Å². The first-order valence-electron chi connectivity index (χ1n) is 7.60. The molecule has 1 aromatic heterocycles. The second-order valence-corrected chi connectivity index (χ2v) is 5.19. The third-order valence-corrected chi connectivity index (χ3v) is 3.38. The maximum atomic E-state index is 12.5. The largest absolute Gasteiger partial charge is 0.339 e. The summed E-state index contributed by atoms with van der Waals surface area (Å²) in [6.45, 7) is 6.57. The van der Waals surface area contributed by atoms with Gasteiger partial charge in [0.1, 0.15) is 0 Å². The summed E-state index contributed by atoms with van der Waals surface area (Å²) in [5.41, 5.74) is 1.91. The fourth-order valence-electron chi connectivity index (χ4n) is 2.37. The Bertz CT molecular complexity index is 540. The molecule has 0 fully saturated rings. The number of carbonyl (C=O) groups is 1. The molecule has 0 saturated carbocycles. The summed E-state index contributed by atoms with van der Waals surface area (Å²) in [4.78, 5) is 14.4. The smallest absolute Gasteiger partial charge is 0.253 e. The molecule has 0 aliphatic heterocycles. The van der Waals surface area contributed by atoms with Gasteiger partial charge in [-0.25, -0.2) is 0 Å². The van der Waals surface area contributed by atoms with Gasteiger partial charge in [-0.1, -0.05) is 26.0 Å². The highest BCUT2D eigenvalue weighted by Gasteiger charge is 2.13. The van der Waals surface area contributed by atoms with E-state index in [1.807, 2.05) is 46.1 Å². The van der Waals surface area contributed by atoms with Crippen molar-refractivity contribution in [3.63, 3.8) is 0 Å². The molecule has 0 radical (unpaired) electrons. The topological polar surface area (TPSA) is 38.1 Å². The minimum Gasteiger partial charge on any atom is -0.339 e. The Morgan fingerprint density at radius 2 is 1.81 bits per heavy atom. The van der Waals surface area contributed by atoms with Crippen LogP contribution in [0.3, 0.4) is 0 Å². The standard InChI is InChI=1S/C17H23N3O/c1-3-11-19(12-4-2)17(21)16-8-6-15(7-9-16)14-20-13-5-10-18-20/h5-10,13H,3-4,11-12,14H2,1-2H3. The minimum atomic E-state index is 0.129. The Hall–Kier alpha value is -2.10. The lowest BCUT2D eigenvalue weighted by molar-refractivity contribution is 0.0755. The Morgan fingerprint density at radius 1 is 1.14 bits per heavy atom. The molecule has 1 amide bonds. The lowest BCUT2D eigenvalue weighted by Crippen LogP contribution is -2.32. The van der Waals surface area contributed by atoms with Crippen molar-refractivity contribution in [3.8, 4) is 0 Å². The highest BCUT2D eigenvalue weighted by atomic mass is 16.2. The number of nitrogens with zero attached hydrogens (tertiary/aromatic N) is 3. The van der Waals surface area contributed by atoms with Gasteiger partial charge in [-0.2, -0.15) is 5.10 Å². The fourth-order valence-corrected chi connectivity index (χ4v) is 2.37. The molecule has 0 aliphatic rings. The van der Waals surface area contributed by atoms with Crippen LogP contribution in [-0.2, 0) is 6.54 Å². The predicted octanol–water partition coefficient (Wildman–Crippen LogP) is 3.19. The van der Waals surface area contributed by atoms with Gasteiger partial charge in [-0.05, 0) is 36.6 Å². The van der Waals surface area contributed by atoms with Gasteiger partial charge in [0, 0.05) is 31.0 Å². The summed E-state index contributed by atoms with van der Waals surface area (Å²) >= 11 is 0. The van der Waals surface area contributed by atoms with E-state index in [1.54, 1.807) is 6.20 Å². The SMILES string of the molecule is CCCN(CCC)C(=O)c1ccc(Cn2cccn2)cc1. The zero-order valence-electron chi connectivity index (χ0n) is 12.8. The third kappa shape index (κ3) is 4.18. The van der Waals surface area contributed by atoms with Gasteiger partial charge in [0.15, 0.2) is 0 Å². The van der Waals surface area contributed by atoms with E-state index >= 15 is 0 Å². The van der Waals surface area contributed by atoms with E-state index in [4.69, 9.17) is 0 Å². The summed E-state index contributed by atoms with van der Waals surface area (Å²) in [6, 6.07) is 9.75. The molecular formula is C17H23N3O. The quantitative estimate of drug-likeness (QED) is 0.783. The van der Waals surface area contributed by atoms with Crippen LogP contribution in [0.5, 0.6) is 0 Å². The number of benzene rings is 1. The average molecular weight is 285 g/mol. The molecule has 0 aliphatic carbocycles. The van der Waals surface area contributed by atoms with Crippen LogP contribution in [0.15, 0.2) is 42.7 Å². The van der Waals surface area contributed by atoms with Crippen LogP contribution in [0.1, 0.15) is 42.6 Å². The van der Waals surface area contributed by atoms with Crippen LogP contribution in [0.25, 0.3) is 0 Å². The molecule has 4 heteroatoms. The molecule has 21 heavy (non-hydrogen) atoms. The van der Waals surface area contributed by atoms with Gasteiger partial charge in [0.05, 0.1) is 6.54 Å². The predicted molar refractivity (Wildman–Crippen MR) is 84.3 cm³/mol. The van der Waals surface area contributed by atoms with Gasteiger partial charge in [0.2, 0.25) is 0 Å². The van der Waals surface area contributed by atoms with Gasteiger partial charge in [0.25, 0.3) is 5.91 Å².